The van der Waals surface area contributed by atoms with Gasteiger partial charge in [0.25, 0.3) is 11.4 Å². The van der Waals surface area contributed by atoms with Gasteiger partial charge < -0.3 is 13.8 Å². The fourth-order valence-electron chi connectivity index (χ4n) is 5.09. The first-order valence-electron chi connectivity index (χ1n) is 12.1. The highest BCUT2D eigenvalue weighted by molar-refractivity contribution is 6.36. The molecule has 1 fully saturated rings. The van der Waals surface area contributed by atoms with E-state index >= 15 is 0 Å². The Hall–Kier alpha value is -3.17. The van der Waals surface area contributed by atoms with E-state index in [2.05, 4.69) is 25.7 Å². The standard InChI is InChI=1S/C27H25Cl2N5O3/c1-16-30-25(37-31-16)17-3-6-24-20(13-17)21-15-22(19-5-4-18(28)14-23(19)29)27(35)32(2)26(21)34(24)8-7-33-9-11-36-12-10-33/h3-6,13-15H,7-12H2,1-2H3. The van der Waals surface area contributed by atoms with Crippen molar-refractivity contribution in [2.24, 2.45) is 7.05 Å². The summed E-state index contributed by atoms with van der Waals surface area (Å²) in [6.07, 6.45) is 0. The Kier molecular flexibility index (Phi) is 6.28. The molecule has 0 spiro atoms. The Bertz CT molecular complexity index is 1700. The van der Waals surface area contributed by atoms with Crippen molar-refractivity contribution >= 4 is 45.1 Å². The van der Waals surface area contributed by atoms with Gasteiger partial charge in [-0.1, -0.05) is 34.4 Å². The van der Waals surface area contributed by atoms with Crippen LogP contribution in [0.1, 0.15) is 5.82 Å². The van der Waals surface area contributed by atoms with Crippen LogP contribution in [0.15, 0.2) is 51.8 Å². The maximum atomic E-state index is 13.6. The van der Waals surface area contributed by atoms with Crippen molar-refractivity contribution in [3.8, 4) is 22.6 Å². The second kappa shape index (κ2) is 9.61. The minimum atomic E-state index is -0.125. The summed E-state index contributed by atoms with van der Waals surface area (Å²) < 4.78 is 14.9. The van der Waals surface area contributed by atoms with Crippen LogP contribution < -0.4 is 5.56 Å². The van der Waals surface area contributed by atoms with E-state index in [1.165, 1.54) is 0 Å². The molecule has 4 heterocycles. The number of aryl methyl sites for hydroxylation is 2. The smallest absolute Gasteiger partial charge is 0.259 e. The van der Waals surface area contributed by atoms with Crippen LogP contribution in [0, 0.1) is 6.92 Å². The monoisotopic (exact) mass is 537 g/mol. The molecule has 1 saturated heterocycles. The Labute approximate surface area is 222 Å². The van der Waals surface area contributed by atoms with Gasteiger partial charge in [0.1, 0.15) is 5.65 Å². The van der Waals surface area contributed by atoms with Crippen LogP contribution in [0.3, 0.4) is 0 Å². The van der Waals surface area contributed by atoms with E-state index in [1.807, 2.05) is 25.2 Å². The number of hydrogen-bond acceptors (Lipinski definition) is 6. The second-order valence-corrected chi connectivity index (χ2v) is 10.1. The first-order valence-corrected chi connectivity index (χ1v) is 12.9. The molecule has 1 aliphatic heterocycles. The lowest BCUT2D eigenvalue weighted by Crippen LogP contribution is -2.38. The molecule has 10 heteroatoms. The number of ether oxygens (including phenoxy) is 1. The predicted molar refractivity (Wildman–Crippen MR) is 145 cm³/mol. The average molecular weight is 538 g/mol. The molecule has 2 aromatic carbocycles. The number of pyridine rings is 1. The van der Waals surface area contributed by atoms with Gasteiger partial charge in [-0.15, -0.1) is 0 Å². The molecule has 6 rings (SSSR count). The zero-order chi connectivity index (χ0) is 25.7. The van der Waals surface area contributed by atoms with E-state index in [-0.39, 0.29) is 5.56 Å². The van der Waals surface area contributed by atoms with E-state index in [9.17, 15) is 4.79 Å². The SMILES string of the molecule is Cc1noc(-c2ccc3c(c2)c2cc(-c4ccc(Cl)cc4Cl)c(=O)n(C)c2n3CCN2CCOCC2)n1. The highest BCUT2D eigenvalue weighted by Gasteiger charge is 2.21. The van der Waals surface area contributed by atoms with Crippen LogP contribution in [-0.2, 0) is 18.3 Å². The highest BCUT2D eigenvalue weighted by atomic mass is 35.5. The molecule has 190 valence electrons. The normalized spacial score (nSPS) is 14.7. The molecule has 1 aliphatic rings. The molecule has 0 saturated carbocycles. The third kappa shape index (κ3) is 4.34. The number of aromatic nitrogens is 4. The van der Waals surface area contributed by atoms with Gasteiger partial charge in [-0.2, -0.15) is 4.98 Å². The summed E-state index contributed by atoms with van der Waals surface area (Å²) in [6, 6.07) is 13.2. The summed E-state index contributed by atoms with van der Waals surface area (Å²) >= 11 is 12.7. The van der Waals surface area contributed by atoms with Crippen molar-refractivity contribution in [2.75, 3.05) is 32.8 Å². The molecule has 0 radical (unpaired) electrons. The minimum absolute atomic E-state index is 0.125. The fraction of sp³-hybridized carbons (Fsp3) is 0.296. The lowest BCUT2D eigenvalue weighted by Gasteiger charge is -2.27. The molecular formula is C27H25Cl2N5O3. The van der Waals surface area contributed by atoms with E-state index < -0.39 is 0 Å². The van der Waals surface area contributed by atoms with Gasteiger partial charge in [0.2, 0.25) is 0 Å². The topological polar surface area (TPSA) is 78.3 Å². The van der Waals surface area contributed by atoms with Gasteiger partial charge in [0, 0.05) is 65.7 Å². The van der Waals surface area contributed by atoms with Gasteiger partial charge in [0.05, 0.1) is 23.8 Å². The number of nitrogens with zero attached hydrogens (tertiary/aromatic N) is 5. The van der Waals surface area contributed by atoms with Crippen LogP contribution in [0.4, 0.5) is 0 Å². The molecule has 5 aromatic rings. The fourth-order valence-corrected chi connectivity index (χ4v) is 5.61. The Morgan fingerprint density at radius 3 is 2.51 bits per heavy atom. The summed E-state index contributed by atoms with van der Waals surface area (Å²) in [7, 11) is 1.81. The maximum Gasteiger partial charge on any atom is 0.259 e. The maximum absolute atomic E-state index is 13.6. The minimum Gasteiger partial charge on any atom is -0.379 e. The summed E-state index contributed by atoms with van der Waals surface area (Å²) in [4.78, 5) is 20.4. The average Bonchev–Trinajstić information content (AvgIpc) is 3.46. The molecule has 0 amide bonds. The molecule has 8 nitrogen and oxygen atoms in total. The van der Waals surface area contributed by atoms with Crippen LogP contribution >= 0.6 is 23.2 Å². The molecule has 0 bridgehead atoms. The second-order valence-electron chi connectivity index (χ2n) is 9.27. The van der Waals surface area contributed by atoms with Crippen LogP contribution in [0.5, 0.6) is 0 Å². The molecule has 0 atom stereocenters. The Morgan fingerprint density at radius 1 is 0.973 bits per heavy atom. The van der Waals surface area contributed by atoms with E-state index in [0.29, 0.717) is 32.9 Å². The van der Waals surface area contributed by atoms with Gasteiger partial charge in [-0.05, 0) is 43.3 Å². The first kappa shape index (κ1) is 24.2. The lowest BCUT2D eigenvalue weighted by molar-refractivity contribution is 0.0366. The molecule has 0 aliphatic carbocycles. The molecular weight excluding hydrogens is 513 g/mol. The zero-order valence-corrected chi connectivity index (χ0v) is 22.0. The van der Waals surface area contributed by atoms with Crippen molar-refractivity contribution < 1.29 is 9.26 Å². The van der Waals surface area contributed by atoms with Crippen molar-refractivity contribution in [3.63, 3.8) is 0 Å². The summed E-state index contributed by atoms with van der Waals surface area (Å²) in [5, 5.41) is 6.83. The number of morpholine rings is 1. The van der Waals surface area contributed by atoms with Crippen molar-refractivity contribution in [1.82, 2.24) is 24.2 Å². The first-order chi connectivity index (χ1) is 17.9. The lowest BCUT2D eigenvalue weighted by atomic mass is 10.0. The van der Waals surface area contributed by atoms with Gasteiger partial charge >= 0.3 is 0 Å². The number of benzene rings is 2. The molecule has 3 aromatic heterocycles. The number of fused-ring (bicyclic) bond motifs is 3. The molecule has 37 heavy (non-hydrogen) atoms. The number of hydrogen-bond donors (Lipinski definition) is 0. The Balaban J connectivity index is 1.58. The van der Waals surface area contributed by atoms with Crippen LogP contribution in [0.25, 0.3) is 44.5 Å². The largest absolute Gasteiger partial charge is 0.379 e. The van der Waals surface area contributed by atoms with Crippen molar-refractivity contribution in [3.05, 3.63) is 68.7 Å². The summed E-state index contributed by atoms with van der Waals surface area (Å²) in [6.45, 7) is 6.65. The van der Waals surface area contributed by atoms with E-state index in [4.69, 9.17) is 32.5 Å². The van der Waals surface area contributed by atoms with Gasteiger partial charge in [-0.3, -0.25) is 14.3 Å². The quantitative estimate of drug-likeness (QED) is 0.308. The third-order valence-electron chi connectivity index (χ3n) is 6.95. The van der Waals surface area contributed by atoms with Crippen LogP contribution in [0.2, 0.25) is 10.0 Å². The summed E-state index contributed by atoms with van der Waals surface area (Å²) in [5.74, 6) is 1.03. The summed E-state index contributed by atoms with van der Waals surface area (Å²) in [5.41, 5.74) is 3.73. The van der Waals surface area contributed by atoms with Gasteiger partial charge in [-0.25, -0.2) is 0 Å². The highest BCUT2D eigenvalue weighted by Crippen LogP contribution is 2.35. The van der Waals surface area contributed by atoms with Crippen molar-refractivity contribution in [1.29, 1.82) is 0 Å². The van der Waals surface area contributed by atoms with Crippen molar-refractivity contribution in [2.45, 2.75) is 13.5 Å². The molecule has 0 unspecified atom stereocenters. The Morgan fingerprint density at radius 2 is 1.78 bits per heavy atom. The number of rotatable bonds is 5. The van der Waals surface area contributed by atoms with E-state index in [0.717, 1.165) is 66.9 Å². The molecule has 0 N–H and O–H groups in total. The predicted octanol–water partition coefficient (Wildman–Crippen LogP) is 5.16. The zero-order valence-electron chi connectivity index (χ0n) is 20.5. The van der Waals surface area contributed by atoms with Gasteiger partial charge in [0.15, 0.2) is 5.82 Å². The number of halogens is 2. The third-order valence-corrected chi connectivity index (χ3v) is 7.50. The van der Waals surface area contributed by atoms with E-state index in [1.54, 1.807) is 29.7 Å². The van der Waals surface area contributed by atoms with Crippen LogP contribution in [-0.4, -0.2) is 57.0 Å².